The molecule has 0 heterocycles. The lowest BCUT2D eigenvalue weighted by Crippen LogP contribution is -2.55. The maximum atomic E-state index is 14.2. The van der Waals surface area contributed by atoms with Crippen molar-refractivity contribution in [1.29, 1.82) is 0 Å². The minimum absolute atomic E-state index is 0.00654. The van der Waals surface area contributed by atoms with Gasteiger partial charge in [0.05, 0.1) is 17.7 Å². The number of ether oxygens (including phenoxy) is 1. The van der Waals surface area contributed by atoms with E-state index in [1.54, 1.807) is 37.3 Å². The number of hydrogen-bond acceptors (Lipinski definition) is 5. The van der Waals surface area contributed by atoms with Crippen molar-refractivity contribution in [2.45, 2.75) is 71.0 Å². The molecular formula is C32H40FN3O5S. The molecule has 0 fully saturated rings. The molecule has 1 N–H and O–H groups in total. The predicted molar refractivity (Wildman–Crippen MR) is 162 cm³/mol. The second-order valence-corrected chi connectivity index (χ2v) is 13.2. The van der Waals surface area contributed by atoms with Gasteiger partial charge >= 0.3 is 0 Å². The van der Waals surface area contributed by atoms with Gasteiger partial charge in [0, 0.05) is 12.1 Å². The standard InChI is InChI=1S/C32H40FN3O5S/c1-8-27(31(38)34-32(4,5)6)35(20-24-12-14-25(33)15-13-24)30(37)21-36(28-19-23(3)11-18-29(28)41-7)42(39,40)26-16-9-22(2)10-17-26/h9-19,27H,8,20-21H2,1-7H3,(H,34,38)/t27-/m1/s1. The average molecular weight is 598 g/mol. The smallest absolute Gasteiger partial charge is 0.264 e. The van der Waals surface area contributed by atoms with Crippen molar-refractivity contribution >= 4 is 27.5 Å². The Hall–Kier alpha value is -3.92. The van der Waals surface area contributed by atoms with Gasteiger partial charge < -0.3 is 15.0 Å². The van der Waals surface area contributed by atoms with Crippen LogP contribution >= 0.6 is 0 Å². The van der Waals surface area contributed by atoms with Gasteiger partial charge in [0.25, 0.3) is 10.0 Å². The highest BCUT2D eigenvalue weighted by atomic mass is 32.2. The van der Waals surface area contributed by atoms with Gasteiger partial charge in [-0.25, -0.2) is 12.8 Å². The number of amides is 2. The Kier molecular flexibility index (Phi) is 10.4. The van der Waals surface area contributed by atoms with E-state index >= 15 is 0 Å². The highest BCUT2D eigenvalue weighted by molar-refractivity contribution is 7.92. The number of benzene rings is 3. The van der Waals surface area contributed by atoms with Crippen LogP contribution in [0, 0.1) is 19.7 Å². The first-order chi connectivity index (χ1) is 19.7. The quantitative estimate of drug-likeness (QED) is 0.321. The van der Waals surface area contributed by atoms with Gasteiger partial charge in [-0.15, -0.1) is 0 Å². The fourth-order valence-corrected chi connectivity index (χ4v) is 5.92. The van der Waals surface area contributed by atoms with Crippen LogP contribution in [-0.2, 0) is 26.2 Å². The Morgan fingerprint density at radius 2 is 1.55 bits per heavy atom. The van der Waals surface area contributed by atoms with E-state index in [1.807, 2.05) is 34.6 Å². The monoisotopic (exact) mass is 597 g/mol. The van der Waals surface area contributed by atoms with Gasteiger partial charge in [-0.2, -0.15) is 0 Å². The Balaban J connectivity index is 2.14. The van der Waals surface area contributed by atoms with Crippen molar-refractivity contribution in [3.63, 3.8) is 0 Å². The Morgan fingerprint density at radius 1 is 0.952 bits per heavy atom. The number of aryl methyl sites for hydroxylation is 2. The van der Waals surface area contributed by atoms with Crippen molar-refractivity contribution in [3.8, 4) is 5.75 Å². The summed E-state index contributed by atoms with van der Waals surface area (Å²) in [5, 5.41) is 2.93. The van der Waals surface area contributed by atoms with Crippen LogP contribution in [0.1, 0.15) is 50.8 Å². The largest absolute Gasteiger partial charge is 0.495 e. The molecule has 42 heavy (non-hydrogen) atoms. The topological polar surface area (TPSA) is 96.0 Å². The number of hydrogen-bond donors (Lipinski definition) is 1. The van der Waals surface area contributed by atoms with E-state index in [0.717, 1.165) is 15.4 Å². The average Bonchev–Trinajstić information content (AvgIpc) is 2.91. The summed E-state index contributed by atoms with van der Waals surface area (Å²) >= 11 is 0. The fraction of sp³-hybridized carbons (Fsp3) is 0.375. The molecule has 1 atom stereocenters. The zero-order chi connectivity index (χ0) is 31.2. The number of halogens is 1. The molecule has 0 aliphatic heterocycles. The van der Waals surface area contributed by atoms with Crippen LogP contribution in [-0.4, -0.2) is 50.4 Å². The molecule has 0 aromatic heterocycles. The number of carbonyl (C=O) groups is 2. The maximum absolute atomic E-state index is 14.2. The van der Waals surface area contributed by atoms with E-state index in [4.69, 9.17) is 4.74 Å². The summed E-state index contributed by atoms with van der Waals surface area (Å²) in [4.78, 5) is 29.0. The van der Waals surface area contributed by atoms with E-state index in [2.05, 4.69) is 5.32 Å². The molecule has 0 bridgehead atoms. The van der Waals surface area contributed by atoms with E-state index in [-0.39, 0.29) is 35.2 Å². The van der Waals surface area contributed by atoms with Gasteiger partial charge in [-0.3, -0.25) is 13.9 Å². The molecule has 10 heteroatoms. The van der Waals surface area contributed by atoms with Crippen LogP contribution in [0.4, 0.5) is 10.1 Å². The molecule has 0 spiro atoms. The third kappa shape index (κ3) is 8.09. The number of rotatable bonds is 11. The number of carbonyl (C=O) groups excluding carboxylic acids is 2. The number of anilines is 1. The number of nitrogens with one attached hydrogen (secondary N) is 1. The predicted octanol–water partition coefficient (Wildman–Crippen LogP) is 5.37. The Labute approximate surface area is 248 Å². The third-order valence-electron chi connectivity index (χ3n) is 6.64. The summed E-state index contributed by atoms with van der Waals surface area (Å²) in [5.41, 5.74) is 1.87. The number of methoxy groups -OCH3 is 1. The molecule has 8 nitrogen and oxygen atoms in total. The summed E-state index contributed by atoms with van der Waals surface area (Å²) < 4.78 is 48.4. The second-order valence-electron chi connectivity index (χ2n) is 11.3. The van der Waals surface area contributed by atoms with Gasteiger partial charge in [0.2, 0.25) is 11.8 Å². The maximum Gasteiger partial charge on any atom is 0.264 e. The molecule has 3 rings (SSSR count). The van der Waals surface area contributed by atoms with Crippen LogP contribution < -0.4 is 14.4 Å². The summed E-state index contributed by atoms with van der Waals surface area (Å²) in [5.74, 6) is -1.14. The first-order valence-corrected chi connectivity index (χ1v) is 15.2. The molecule has 3 aromatic carbocycles. The third-order valence-corrected chi connectivity index (χ3v) is 8.42. The SMILES string of the molecule is CC[C@H](C(=O)NC(C)(C)C)N(Cc1ccc(F)cc1)C(=O)CN(c1cc(C)ccc1OC)S(=O)(=O)c1ccc(C)cc1. The molecule has 2 amide bonds. The first kappa shape index (κ1) is 32.6. The summed E-state index contributed by atoms with van der Waals surface area (Å²) in [6.45, 7) is 10.3. The highest BCUT2D eigenvalue weighted by Crippen LogP contribution is 2.34. The summed E-state index contributed by atoms with van der Waals surface area (Å²) in [6, 6.07) is 16.1. The Bertz CT molecular complexity index is 1500. The van der Waals surface area contributed by atoms with Crippen molar-refractivity contribution in [1.82, 2.24) is 10.2 Å². The van der Waals surface area contributed by atoms with Crippen molar-refractivity contribution in [3.05, 3.63) is 89.2 Å². The number of sulfonamides is 1. The summed E-state index contributed by atoms with van der Waals surface area (Å²) in [7, 11) is -2.83. The molecule has 0 unspecified atom stereocenters. The minimum Gasteiger partial charge on any atom is -0.495 e. The lowest BCUT2D eigenvalue weighted by atomic mass is 10.1. The molecule has 0 aliphatic rings. The van der Waals surface area contributed by atoms with Crippen molar-refractivity contribution in [2.75, 3.05) is 18.0 Å². The van der Waals surface area contributed by atoms with E-state index in [9.17, 15) is 22.4 Å². The molecule has 0 saturated heterocycles. The zero-order valence-electron chi connectivity index (χ0n) is 25.3. The molecule has 0 saturated carbocycles. The van der Waals surface area contributed by atoms with Crippen LogP contribution in [0.15, 0.2) is 71.6 Å². The molecule has 0 aliphatic carbocycles. The van der Waals surface area contributed by atoms with E-state index < -0.39 is 39.9 Å². The molecular weight excluding hydrogens is 557 g/mol. The highest BCUT2D eigenvalue weighted by Gasteiger charge is 2.35. The van der Waals surface area contributed by atoms with E-state index in [0.29, 0.717) is 5.56 Å². The second kappa shape index (κ2) is 13.4. The molecule has 226 valence electrons. The van der Waals surface area contributed by atoms with Crippen molar-refractivity contribution in [2.24, 2.45) is 0 Å². The first-order valence-electron chi connectivity index (χ1n) is 13.8. The van der Waals surface area contributed by atoms with Crippen LogP contribution in [0.3, 0.4) is 0 Å². The lowest BCUT2D eigenvalue weighted by Gasteiger charge is -2.35. The minimum atomic E-state index is -4.25. The van der Waals surface area contributed by atoms with Gasteiger partial charge in [-0.1, -0.05) is 42.8 Å². The Morgan fingerprint density at radius 3 is 2.10 bits per heavy atom. The lowest BCUT2D eigenvalue weighted by molar-refractivity contribution is -0.141. The normalized spacial score (nSPS) is 12.4. The summed E-state index contributed by atoms with van der Waals surface area (Å²) in [6.07, 6.45) is 0.271. The van der Waals surface area contributed by atoms with Gasteiger partial charge in [0.15, 0.2) is 0 Å². The zero-order valence-corrected chi connectivity index (χ0v) is 26.1. The van der Waals surface area contributed by atoms with Crippen LogP contribution in [0.5, 0.6) is 5.75 Å². The fourth-order valence-electron chi connectivity index (χ4n) is 4.50. The number of nitrogens with zero attached hydrogens (tertiary/aromatic N) is 2. The van der Waals surface area contributed by atoms with Crippen LogP contribution in [0.25, 0.3) is 0 Å². The van der Waals surface area contributed by atoms with Gasteiger partial charge in [0.1, 0.15) is 24.2 Å². The van der Waals surface area contributed by atoms with E-state index in [1.165, 1.54) is 48.4 Å². The molecule has 0 radical (unpaired) electrons. The van der Waals surface area contributed by atoms with Crippen molar-refractivity contribution < 1.29 is 27.1 Å². The van der Waals surface area contributed by atoms with Crippen LogP contribution in [0.2, 0.25) is 0 Å². The van der Waals surface area contributed by atoms with Gasteiger partial charge in [-0.05, 0) is 88.6 Å². The molecule has 3 aromatic rings.